The first-order valence-corrected chi connectivity index (χ1v) is 9.21. The summed E-state index contributed by atoms with van der Waals surface area (Å²) in [6, 6.07) is 12.3. The van der Waals surface area contributed by atoms with Crippen molar-refractivity contribution in [1.29, 1.82) is 0 Å². The van der Waals surface area contributed by atoms with E-state index in [0.717, 1.165) is 5.56 Å². The molecule has 0 atom stereocenters. The van der Waals surface area contributed by atoms with Gasteiger partial charge in [0.05, 0.1) is 5.69 Å². The Bertz CT molecular complexity index is 748. The summed E-state index contributed by atoms with van der Waals surface area (Å²) in [5.41, 5.74) is 1.45. The van der Waals surface area contributed by atoms with E-state index >= 15 is 0 Å². The van der Waals surface area contributed by atoms with Gasteiger partial charge in [-0.2, -0.15) is 0 Å². The molecule has 7 heteroatoms. The molecule has 0 unspecified atom stereocenters. The van der Waals surface area contributed by atoms with Gasteiger partial charge in [-0.15, -0.1) is 0 Å². The van der Waals surface area contributed by atoms with E-state index in [1.807, 2.05) is 19.2 Å². The molecule has 0 saturated heterocycles. The van der Waals surface area contributed by atoms with E-state index in [0.29, 0.717) is 21.2 Å². The molecule has 0 amide bonds. The Morgan fingerprint density at radius 1 is 1.10 bits per heavy atom. The highest BCUT2D eigenvalue weighted by molar-refractivity contribution is 9.11. The highest BCUT2D eigenvalue weighted by Gasteiger charge is 2.19. The highest BCUT2D eigenvalue weighted by Crippen LogP contribution is 2.28. The largest absolute Gasteiger partial charge is 0.316 e. The van der Waals surface area contributed by atoms with Crippen LogP contribution in [0, 0.1) is 0 Å². The first-order valence-electron chi connectivity index (χ1n) is 6.14. The van der Waals surface area contributed by atoms with Crippen molar-refractivity contribution in [2.45, 2.75) is 11.4 Å². The van der Waals surface area contributed by atoms with Gasteiger partial charge in [-0.3, -0.25) is 4.72 Å². The standard InChI is InChI=1S/C14H14Br2N2O2S/c1-17-9-10-4-2-3-5-13(10)18-21(19,20)14-8-11(15)6-7-12(14)16/h2-8,17-18H,9H2,1H3. The van der Waals surface area contributed by atoms with Crippen LogP contribution in [-0.4, -0.2) is 15.5 Å². The second kappa shape index (κ2) is 6.91. The smallest absolute Gasteiger partial charge is 0.263 e. The number of benzene rings is 2. The Kier molecular flexibility index (Phi) is 5.43. The third kappa shape index (κ3) is 4.06. The normalized spacial score (nSPS) is 11.4. The summed E-state index contributed by atoms with van der Waals surface area (Å²) >= 11 is 6.57. The van der Waals surface area contributed by atoms with Crippen LogP contribution >= 0.6 is 31.9 Å². The van der Waals surface area contributed by atoms with Crippen molar-refractivity contribution >= 4 is 47.6 Å². The number of rotatable bonds is 5. The summed E-state index contributed by atoms with van der Waals surface area (Å²) in [6.45, 7) is 0.582. The summed E-state index contributed by atoms with van der Waals surface area (Å²) in [5.74, 6) is 0. The molecule has 0 bridgehead atoms. The molecule has 0 aliphatic rings. The predicted molar refractivity (Wildman–Crippen MR) is 91.9 cm³/mol. The van der Waals surface area contributed by atoms with Crippen LogP contribution < -0.4 is 10.0 Å². The Balaban J connectivity index is 2.40. The maximum atomic E-state index is 12.5. The zero-order chi connectivity index (χ0) is 15.5. The monoisotopic (exact) mass is 432 g/mol. The minimum absolute atomic E-state index is 0.191. The SMILES string of the molecule is CNCc1ccccc1NS(=O)(=O)c1cc(Br)ccc1Br. The summed E-state index contributed by atoms with van der Waals surface area (Å²) in [4.78, 5) is 0.191. The van der Waals surface area contributed by atoms with E-state index < -0.39 is 10.0 Å². The molecule has 0 aliphatic heterocycles. The summed E-state index contributed by atoms with van der Waals surface area (Å²) < 4.78 is 29.0. The number of halogens is 2. The number of anilines is 1. The van der Waals surface area contributed by atoms with Gasteiger partial charge in [0.1, 0.15) is 4.90 Å². The van der Waals surface area contributed by atoms with E-state index in [1.165, 1.54) is 0 Å². The molecule has 2 N–H and O–H groups in total. The van der Waals surface area contributed by atoms with Crippen molar-refractivity contribution in [3.8, 4) is 0 Å². The van der Waals surface area contributed by atoms with Crippen molar-refractivity contribution in [2.75, 3.05) is 11.8 Å². The van der Waals surface area contributed by atoms with Crippen LogP contribution in [-0.2, 0) is 16.6 Å². The van der Waals surface area contributed by atoms with Crippen molar-refractivity contribution in [2.24, 2.45) is 0 Å². The average molecular weight is 434 g/mol. The maximum absolute atomic E-state index is 12.5. The van der Waals surface area contributed by atoms with E-state index in [2.05, 4.69) is 41.9 Å². The molecular formula is C14H14Br2N2O2S. The van der Waals surface area contributed by atoms with E-state index in [1.54, 1.807) is 30.3 Å². The van der Waals surface area contributed by atoms with Gasteiger partial charge in [0.25, 0.3) is 10.0 Å². The number of nitrogens with one attached hydrogen (secondary N) is 2. The van der Waals surface area contributed by atoms with Crippen molar-refractivity contribution < 1.29 is 8.42 Å². The minimum atomic E-state index is -3.66. The van der Waals surface area contributed by atoms with E-state index in [-0.39, 0.29) is 4.90 Å². The molecule has 2 aromatic carbocycles. The Hall–Kier alpha value is -0.890. The first-order chi connectivity index (χ1) is 9.94. The lowest BCUT2D eigenvalue weighted by Gasteiger charge is -2.13. The third-order valence-corrected chi connectivity index (χ3v) is 5.66. The van der Waals surface area contributed by atoms with Crippen LogP contribution in [0.5, 0.6) is 0 Å². The van der Waals surface area contributed by atoms with Gasteiger partial charge in [-0.05, 0) is 52.8 Å². The van der Waals surface area contributed by atoms with Crippen LogP contribution in [0.3, 0.4) is 0 Å². The lowest BCUT2D eigenvalue weighted by Crippen LogP contribution is -2.16. The zero-order valence-corrected chi connectivity index (χ0v) is 15.2. The molecule has 0 fully saturated rings. The number of hydrogen-bond acceptors (Lipinski definition) is 3. The average Bonchev–Trinajstić information content (AvgIpc) is 2.43. The van der Waals surface area contributed by atoms with Gasteiger partial charge in [0, 0.05) is 15.5 Å². The van der Waals surface area contributed by atoms with Gasteiger partial charge in [0.2, 0.25) is 0 Å². The molecule has 0 radical (unpaired) electrons. The second-order valence-electron chi connectivity index (χ2n) is 4.37. The molecule has 0 heterocycles. The van der Waals surface area contributed by atoms with Crippen LogP contribution in [0.4, 0.5) is 5.69 Å². The van der Waals surface area contributed by atoms with Gasteiger partial charge in [0.15, 0.2) is 0 Å². The van der Waals surface area contributed by atoms with Crippen molar-refractivity contribution in [1.82, 2.24) is 5.32 Å². The Labute approximate surface area is 141 Å². The molecule has 0 aromatic heterocycles. The van der Waals surface area contributed by atoms with Crippen LogP contribution in [0.1, 0.15) is 5.56 Å². The van der Waals surface area contributed by atoms with Crippen molar-refractivity contribution in [3.05, 3.63) is 57.0 Å². The van der Waals surface area contributed by atoms with Gasteiger partial charge in [-0.25, -0.2) is 8.42 Å². The van der Waals surface area contributed by atoms with Gasteiger partial charge < -0.3 is 5.32 Å². The summed E-state index contributed by atoms with van der Waals surface area (Å²) in [6.07, 6.45) is 0. The molecule has 21 heavy (non-hydrogen) atoms. The quantitative estimate of drug-likeness (QED) is 0.755. The highest BCUT2D eigenvalue weighted by atomic mass is 79.9. The maximum Gasteiger partial charge on any atom is 0.263 e. The van der Waals surface area contributed by atoms with Crippen LogP contribution in [0.25, 0.3) is 0 Å². The second-order valence-corrected chi connectivity index (χ2v) is 7.79. The topological polar surface area (TPSA) is 58.2 Å². The fourth-order valence-corrected chi connectivity index (χ4v) is 4.45. The van der Waals surface area contributed by atoms with Gasteiger partial charge in [-0.1, -0.05) is 34.1 Å². The Morgan fingerprint density at radius 2 is 1.81 bits per heavy atom. The molecule has 0 saturated carbocycles. The summed E-state index contributed by atoms with van der Waals surface area (Å²) in [7, 11) is -1.85. The Morgan fingerprint density at radius 3 is 2.52 bits per heavy atom. The molecule has 2 aromatic rings. The van der Waals surface area contributed by atoms with Crippen LogP contribution in [0.15, 0.2) is 56.3 Å². The lowest BCUT2D eigenvalue weighted by atomic mass is 10.2. The lowest BCUT2D eigenvalue weighted by molar-refractivity contribution is 0.600. The number of hydrogen-bond donors (Lipinski definition) is 2. The predicted octanol–water partition coefficient (Wildman–Crippen LogP) is 3.73. The molecule has 2 rings (SSSR count). The number of sulfonamides is 1. The molecular weight excluding hydrogens is 420 g/mol. The third-order valence-electron chi connectivity index (χ3n) is 2.81. The molecule has 0 spiro atoms. The number of para-hydroxylation sites is 1. The summed E-state index contributed by atoms with van der Waals surface area (Å²) in [5, 5.41) is 3.02. The first kappa shape index (κ1) is 16.5. The molecule has 4 nitrogen and oxygen atoms in total. The fraction of sp³-hybridized carbons (Fsp3) is 0.143. The molecule has 112 valence electrons. The molecule has 0 aliphatic carbocycles. The minimum Gasteiger partial charge on any atom is -0.316 e. The van der Waals surface area contributed by atoms with E-state index in [4.69, 9.17) is 0 Å². The van der Waals surface area contributed by atoms with Crippen LogP contribution in [0.2, 0.25) is 0 Å². The van der Waals surface area contributed by atoms with E-state index in [9.17, 15) is 8.42 Å². The van der Waals surface area contributed by atoms with Crippen molar-refractivity contribution in [3.63, 3.8) is 0 Å². The fourth-order valence-electron chi connectivity index (χ4n) is 1.85. The van der Waals surface area contributed by atoms with Gasteiger partial charge >= 0.3 is 0 Å². The zero-order valence-electron chi connectivity index (χ0n) is 11.2.